The van der Waals surface area contributed by atoms with Crippen LogP contribution in [0, 0.1) is 0 Å². The second-order valence-corrected chi connectivity index (χ2v) is 4.16. The first-order chi connectivity index (χ1) is 7.85. The van der Waals surface area contributed by atoms with Crippen LogP contribution in [0.2, 0.25) is 0 Å². The van der Waals surface area contributed by atoms with E-state index in [4.69, 9.17) is 4.74 Å². The number of rotatable bonds is 3. The third-order valence-electron chi connectivity index (χ3n) is 2.99. The Labute approximate surface area is 96.4 Å². The molecular formula is C12H19N3O. The number of anilines is 1. The molecule has 0 saturated carbocycles. The third kappa shape index (κ3) is 2.32. The number of methoxy groups -OCH3 is 1. The van der Waals surface area contributed by atoms with E-state index < -0.39 is 0 Å². The number of ether oxygens (including phenoxy) is 1. The maximum absolute atomic E-state index is 5.10. The minimum atomic E-state index is 0.488. The lowest BCUT2D eigenvalue weighted by Gasteiger charge is -2.12. The lowest BCUT2D eigenvalue weighted by atomic mass is 10.1. The predicted octanol–water partition coefficient (Wildman–Crippen LogP) is 1.93. The van der Waals surface area contributed by atoms with Gasteiger partial charge in [0.15, 0.2) is 5.82 Å². The summed E-state index contributed by atoms with van der Waals surface area (Å²) in [5, 5.41) is 3.18. The smallest absolute Gasteiger partial charge is 0.156 e. The summed E-state index contributed by atoms with van der Waals surface area (Å²) in [6, 6.07) is 0. The van der Waals surface area contributed by atoms with Crippen molar-refractivity contribution in [2.75, 3.05) is 19.5 Å². The second kappa shape index (κ2) is 5.25. The van der Waals surface area contributed by atoms with Crippen LogP contribution in [0.1, 0.15) is 36.3 Å². The van der Waals surface area contributed by atoms with Crippen molar-refractivity contribution < 1.29 is 4.74 Å². The van der Waals surface area contributed by atoms with Crippen LogP contribution in [0.25, 0.3) is 0 Å². The van der Waals surface area contributed by atoms with Crippen LogP contribution in [0.15, 0.2) is 0 Å². The summed E-state index contributed by atoms with van der Waals surface area (Å²) in [7, 11) is 3.60. The van der Waals surface area contributed by atoms with E-state index in [1.54, 1.807) is 7.11 Å². The molecule has 4 heteroatoms. The summed E-state index contributed by atoms with van der Waals surface area (Å²) >= 11 is 0. The molecule has 88 valence electrons. The zero-order valence-electron chi connectivity index (χ0n) is 10.0. The molecule has 0 unspecified atom stereocenters. The van der Waals surface area contributed by atoms with Crippen molar-refractivity contribution in [2.45, 2.75) is 38.7 Å². The van der Waals surface area contributed by atoms with Crippen LogP contribution < -0.4 is 5.32 Å². The van der Waals surface area contributed by atoms with Gasteiger partial charge in [-0.05, 0) is 25.7 Å². The lowest BCUT2D eigenvalue weighted by Crippen LogP contribution is -2.09. The van der Waals surface area contributed by atoms with Crippen molar-refractivity contribution >= 4 is 5.82 Å². The van der Waals surface area contributed by atoms with Gasteiger partial charge in [0.1, 0.15) is 12.4 Å². The Kier molecular flexibility index (Phi) is 3.72. The van der Waals surface area contributed by atoms with Gasteiger partial charge in [-0.1, -0.05) is 6.42 Å². The molecule has 1 aromatic rings. The molecule has 0 aromatic carbocycles. The summed E-state index contributed by atoms with van der Waals surface area (Å²) in [6.45, 7) is 0.488. The number of aryl methyl sites for hydroxylation is 1. The molecule has 0 radical (unpaired) electrons. The number of aromatic nitrogens is 2. The van der Waals surface area contributed by atoms with Gasteiger partial charge in [-0.2, -0.15) is 0 Å². The molecule has 0 bridgehead atoms. The number of fused-ring (bicyclic) bond motifs is 1. The Morgan fingerprint density at radius 2 is 2.00 bits per heavy atom. The number of nitrogens with one attached hydrogen (secondary N) is 1. The van der Waals surface area contributed by atoms with Gasteiger partial charge in [-0.15, -0.1) is 0 Å². The monoisotopic (exact) mass is 221 g/mol. The molecule has 0 fully saturated rings. The average molecular weight is 221 g/mol. The van der Waals surface area contributed by atoms with Crippen molar-refractivity contribution in [3.63, 3.8) is 0 Å². The first kappa shape index (κ1) is 11.3. The van der Waals surface area contributed by atoms with E-state index in [1.165, 1.54) is 30.5 Å². The van der Waals surface area contributed by atoms with Gasteiger partial charge in [-0.25, -0.2) is 9.97 Å². The Hall–Kier alpha value is -1.16. The molecule has 16 heavy (non-hydrogen) atoms. The second-order valence-electron chi connectivity index (χ2n) is 4.16. The number of nitrogens with zero attached hydrogens (tertiary/aromatic N) is 2. The van der Waals surface area contributed by atoms with Crippen LogP contribution in [0.5, 0.6) is 0 Å². The molecule has 1 N–H and O–H groups in total. The molecule has 1 heterocycles. The van der Waals surface area contributed by atoms with Gasteiger partial charge in [0.2, 0.25) is 0 Å². The Morgan fingerprint density at radius 1 is 1.19 bits per heavy atom. The van der Waals surface area contributed by atoms with E-state index in [9.17, 15) is 0 Å². The summed E-state index contributed by atoms with van der Waals surface area (Å²) < 4.78 is 5.10. The van der Waals surface area contributed by atoms with Crippen molar-refractivity contribution in [3.05, 3.63) is 17.1 Å². The molecule has 0 atom stereocenters. The molecule has 2 rings (SSSR count). The van der Waals surface area contributed by atoms with E-state index in [2.05, 4.69) is 15.3 Å². The standard InChI is InChI=1S/C12H19N3O/c1-13-12-9-6-4-3-5-7-10(9)14-11(15-12)8-16-2/h3-8H2,1-2H3,(H,13,14,15). The largest absolute Gasteiger partial charge is 0.377 e. The highest BCUT2D eigenvalue weighted by Gasteiger charge is 2.15. The van der Waals surface area contributed by atoms with Crippen molar-refractivity contribution in [1.82, 2.24) is 9.97 Å². The lowest BCUT2D eigenvalue weighted by molar-refractivity contribution is 0.177. The minimum Gasteiger partial charge on any atom is -0.377 e. The molecule has 4 nitrogen and oxygen atoms in total. The molecule has 1 aliphatic rings. The fourth-order valence-electron chi connectivity index (χ4n) is 2.22. The fourth-order valence-corrected chi connectivity index (χ4v) is 2.22. The van der Waals surface area contributed by atoms with Crippen LogP contribution in [-0.2, 0) is 24.2 Å². The summed E-state index contributed by atoms with van der Waals surface area (Å²) in [4.78, 5) is 9.08. The molecule has 0 saturated heterocycles. The summed E-state index contributed by atoms with van der Waals surface area (Å²) in [5.41, 5.74) is 2.52. The molecule has 1 aromatic heterocycles. The number of hydrogen-bond acceptors (Lipinski definition) is 4. The highest BCUT2D eigenvalue weighted by Crippen LogP contribution is 2.24. The first-order valence-electron chi connectivity index (χ1n) is 5.90. The highest BCUT2D eigenvalue weighted by atomic mass is 16.5. The Bertz CT molecular complexity index is 366. The average Bonchev–Trinajstić information content (AvgIpc) is 2.53. The SMILES string of the molecule is CNc1nc(COC)nc2c1CCCCC2. The van der Waals surface area contributed by atoms with Gasteiger partial charge >= 0.3 is 0 Å². The quantitative estimate of drug-likeness (QED) is 0.792. The normalized spacial score (nSPS) is 15.4. The summed E-state index contributed by atoms with van der Waals surface area (Å²) in [6.07, 6.45) is 5.94. The van der Waals surface area contributed by atoms with Crippen molar-refractivity contribution in [2.24, 2.45) is 0 Å². The van der Waals surface area contributed by atoms with Gasteiger partial charge in [-0.3, -0.25) is 0 Å². The van der Waals surface area contributed by atoms with E-state index in [0.717, 1.165) is 24.5 Å². The van der Waals surface area contributed by atoms with Crippen LogP contribution >= 0.6 is 0 Å². The maximum Gasteiger partial charge on any atom is 0.156 e. The predicted molar refractivity (Wildman–Crippen MR) is 63.6 cm³/mol. The van der Waals surface area contributed by atoms with E-state index >= 15 is 0 Å². The zero-order valence-corrected chi connectivity index (χ0v) is 10.0. The van der Waals surface area contributed by atoms with Gasteiger partial charge < -0.3 is 10.1 Å². The van der Waals surface area contributed by atoms with E-state index in [1.807, 2.05) is 7.05 Å². The zero-order chi connectivity index (χ0) is 11.4. The number of hydrogen-bond donors (Lipinski definition) is 1. The third-order valence-corrected chi connectivity index (χ3v) is 2.99. The maximum atomic E-state index is 5.10. The molecule has 0 aliphatic heterocycles. The molecular weight excluding hydrogens is 202 g/mol. The first-order valence-corrected chi connectivity index (χ1v) is 5.90. The molecule has 1 aliphatic carbocycles. The van der Waals surface area contributed by atoms with Crippen LogP contribution in [0.3, 0.4) is 0 Å². The fraction of sp³-hybridized carbons (Fsp3) is 0.667. The van der Waals surface area contributed by atoms with E-state index in [0.29, 0.717) is 6.61 Å². The topological polar surface area (TPSA) is 47.0 Å². The van der Waals surface area contributed by atoms with Gasteiger partial charge in [0, 0.05) is 25.4 Å². The highest BCUT2D eigenvalue weighted by molar-refractivity contribution is 5.46. The van der Waals surface area contributed by atoms with Crippen molar-refractivity contribution in [1.29, 1.82) is 0 Å². The Balaban J connectivity index is 2.38. The Morgan fingerprint density at radius 3 is 2.75 bits per heavy atom. The summed E-state index contributed by atoms with van der Waals surface area (Å²) in [5.74, 6) is 1.77. The van der Waals surface area contributed by atoms with Crippen LogP contribution in [-0.4, -0.2) is 24.1 Å². The van der Waals surface area contributed by atoms with E-state index in [-0.39, 0.29) is 0 Å². The van der Waals surface area contributed by atoms with Crippen molar-refractivity contribution in [3.8, 4) is 0 Å². The van der Waals surface area contributed by atoms with Gasteiger partial charge in [0.25, 0.3) is 0 Å². The molecule has 0 amide bonds. The molecule has 0 spiro atoms. The van der Waals surface area contributed by atoms with Gasteiger partial charge in [0.05, 0.1) is 0 Å². The minimum absolute atomic E-state index is 0.488. The van der Waals surface area contributed by atoms with Crippen LogP contribution in [0.4, 0.5) is 5.82 Å².